The molecule has 4 rings (SSSR count). The van der Waals surface area contributed by atoms with Gasteiger partial charge in [0.05, 0.1) is 5.69 Å². The predicted molar refractivity (Wildman–Crippen MR) is 100 cm³/mol. The molecule has 0 fully saturated rings. The van der Waals surface area contributed by atoms with E-state index in [0.717, 1.165) is 36.3 Å². The van der Waals surface area contributed by atoms with Gasteiger partial charge in [-0.3, -0.25) is 4.98 Å². The molecule has 3 nitrogen and oxygen atoms in total. The van der Waals surface area contributed by atoms with E-state index in [-0.39, 0.29) is 11.9 Å². The number of benzene rings is 2. The molecule has 0 saturated carbocycles. The largest absolute Gasteiger partial charge is 0.483 e. The Morgan fingerprint density at radius 1 is 1.08 bits per heavy atom. The van der Waals surface area contributed by atoms with E-state index in [4.69, 9.17) is 4.74 Å². The average Bonchev–Trinajstić information content (AvgIpc) is 2.82. The van der Waals surface area contributed by atoms with Crippen molar-refractivity contribution >= 4 is 0 Å². The van der Waals surface area contributed by atoms with Crippen molar-refractivity contribution in [1.29, 1.82) is 0 Å². The number of ether oxygens (including phenoxy) is 1. The number of para-hydroxylation sites is 1. The minimum atomic E-state index is -0.322. The molecule has 1 aliphatic heterocycles. The zero-order chi connectivity index (χ0) is 17.9. The van der Waals surface area contributed by atoms with Gasteiger partial charge in [-0.1, -0.05) is 30.3 Å². The van der Waals surface area contributed by atoms with Crippen LogP contribution >= 0.6 is 0 Å². The summed E-state index contributed by atoms with van der Waals surface area (Å²) in [7, 11) is 2.10. The van der Waals surface area contributed by atoms with Crippen LogP contribution in [0.3, 0.4) is 0 Å². The Labute approximate surface area is 153 Å². The fourth-order valence-electron chi connectivity index (χ4n) is 3.43. The highest BCUT2D eigenvalue weighted by Crippen LogP contribution is 2.33. The van der Waals surface area contributed by atoms with E-state index < -0.39 is 0 Å². The molecule has 26 heavy (non-hydrogen) atoms. The minimum Gasteiger partial charge on any atom is -0.483 e. The summed E-state index contributed by atoms with van der Waals surface area (Å²) in [6.45, 7) is 1.74. The third kappa shape index (κ3) is 3.46. The van der Waals surface area contributed by atoms with E-state index >= 15 is 0 Å². The van der Waals surface area contributed by atoms with Crippen molar-refractivity contribution in [3.63, 3.8) is 0 Å². The van der Waals surface area contributed by atoms with Crippen LogP contribution in [0.4, 0.5) is 4.39 Å². The first kappa shape index (κ1) is 16.7. The lowest BCUT2D eigenvalue weighted by molar-refractivity contribution is 0.175. The summed E-state index contributed by atoms with van der Waals surface area (Å²) in [5, 5.41) is 0. The van der Waals surface area contributed by atoms with Crippen LogP contribution in [0.5, 0.6) is 5.75 Å². The Balaban J connectivity index is 1.70. The zero-order valence-corrected chi connectivity index (χ0v) is 14.7. The number of aromatic nitrogens is 1. The first-order valence-corrected chi connectivity index (χ1v) is 8.84. The van der Waals surface area contributed by atoms with Gasteiger partial charge in [0.2, 0.25) is 0 Å². The predicted octanol–water partition coefficient (Wildman–Crippen LogP) is 4.84. The van der Waals surface area contributed by atoms with Gasteiger partial charge in [-0.25, -0.2) is 4.39 Å². The number of nitrogens with zero attached hydrogens (tertiary/aromatic N) is 2. The van der Waals surface area contributed by atoms with Crippen LogP contribution in [0, 0.1) is 5.82 Å². The maximum Gasteiger partial charge on any atom is 0.165 e. The SMILES string of the molecule is CN1CCC(Oc2ccccc2F)c2ccc(-c3ccccn3)cc2C1. The average molecular weight is 348 g/mol. The summed E-state index contributed by atoms with van der Waals surface area (Å²) in [5.74, 6) is -0.0152. The minimum absolute atomic E-state index is 0.162. The third-order valence-electron chi connectivity index (χ3n) is 4.77. The molecule has 0 aliphatic carbocycles. The Hall–Kier alpha value is -2.72. The lowest BCUT2D eigenvalue weighted by Crippen LogP contribution is -2.18. The van der Waals surface area contributed by atoms with Gasteiger partial charge in [-0.15, -0.1) is 0 Å². The first-order chi connectivity index (χ1) is 12.7. The quantitative estimate of drug-likeness (QED) is 0.677. The van der Waals surface area contributed by atoms with E-state index in [1.165, 1.54) is 11.6 Å². The molecule has 4 heteroatoms. The number of hydrogen-bond donors (Lipinski definition) is 0. The molecule has 2 aromatic carbocycles. The molecule has 0 radical (unpaired) electrons. The summed E-state index contributed by atoms with van der Waals surface area (Å²) in [6.07, 6.45) is 2.46. The van der Waals surface area contributed by atoms with Crippen LogP contribution in [-0.4, -0.2) is 23.5 Å². The number of hydrogen-bond acceptors (Lipinski definition) is 3. The Morgan fingerprint density at radius 2 is 1.92 bits per heavy atom. The van der Waals surface area contributed by atoms with Crippen molar-refractivity contribution < 1.29 is 9.13 Å². The summed E-state index contributed by atoms with van der Waals surface area (Å²) in [4.78, 5) is 6.71. The highest BCUT2D eigenvalue weighted by molar-refractivity contribution is 5.61. The topological polar surface area (TPSA) is 25.4 Å². The lowest BCUT2D eigenvalue weighted by Gasteiger charge is -2.20. The smallest absolute Gasteiger partial charge is 0.165 e. The molecule has 2 heterocycles. The van der Waals surface area contributed by atoms with Crippen molar-refractivity contribution in [2.45, 2.75) is 19.1 Å². The van der Waals surface area contributed by atoms with Gasteiger partial charge in [0, 0.05) is 31.3 Å². The molecule has 0 spiro atoms. The van der Waals surface area contributed by atoms with Crippen molar-refractivity contribution in [2.75, 3.05) is 13.6 Å². The number of fused-ring (bicyclic) bond motifs is 1. The lowest BCUT2D eigenvalue weighted by atomic mass is 9.97. The van der Waals surface area contributed by atoms with Crippen molar-refractivity contribution in [2.24, 2.45) is 0 Å². The van der Waals surface area contributed by atoms with Crippen molar-refractivity contribution in [3.05, 3.63) is 83.8 Å². The number of halogens is 1. The fraction of sp³-hybridized carbons (Fsp3) is 0.227. The normalized spacial score (nSPS) is 17.4. The molecule has 1 aromatic heterocycles. The molecule has 132 valence electrons. The maximum absolute atomic E-state index is 14.0. The molecule has 1 aliphatic rings. The van der Waals surface area contributed by atoms with Gasteiger partial charge in [0.1, 0.15) is 6.10 Å². The van der Waals surface area contributed by atoms with Crippen molar-refractivity contribution in [1.82, 2.24) is 9.88 Å². The molecular formula is C22H21FN2O. The van der Waals surface area contributed by atoms with Gasteiger partial charge in [-0.05, 0) is 48.5 Å². The molecule has 0 amide bonds. The van der Waals surface area contributed by atoms with Crippen LogP contribution in [0.15, 0.2) is 66.9 Å². The molecular weight excluding hydrogens is 327 g/mol. The molecule has 1 unspecified atom stereocenters. The van der Waals surface area contributed by atoms with Gasteiger partial charge in [-0.2, -0.15) is 0 Å². The Kier molecular flexibility index (Phi) is 4.67. The fourth-order valence-corrected chi connectivity index (χ4v) is 3.43. The highest BCUT2D eigenvalue weighted by Gasteiger charge is 2.23. The molecule has 0 N–H and O–H groups in total. The van der Waals surface area contributed by atoms with Crippen LogP contribution in [-0.2, 0) is 6.54 Å². The summed E-state index contributed by atoms with van der Waals surface area (Å²) in [6, 6.07) is 18.9. The van der Waals surface area contributed by atoms with Crippen LogP contribution in [0.25, 0.3) is 11.3 Å². The standard InChI is InChI=1S/C22H21FN2O/c1-25-13-11-21(26-22-8-3-2-6-19(22)23)18-10-9-16(14-17(18)15-25)20-7-4-5-12-24-20/h2-10,12,14,21H,11,13,15H2,1H3. The van der Waals surface area contributed by atoms with Gasteiger partial charge >= 0.3 is 0 Å². The van der Waals surface area contributed by atoms with Gasteiger partial charge < -0.3 is 9.64 Å². The maximum atomic E-state index is 14.0. The monoisotopic (exact) mass is 348 g/mol. The molecule has 1 atom stereocenters. The number of pyridine rings is 1. The first-order valence-electron chi connectivity index (χ1n) is 8.84. The van der Waals surface area contributed by atoms with Gasteiger partial charge in [0.25, 0.3) is 0 Å². The highest BCUT2D eigenvalue weighted by atomic mass is 19.1. The second-order valence-electron chi connectivity index (χ2n) is 6.69. The van der Waals surface area contributed by atoms with Crippen LogP contribution < -0.4 is 4.74 Å². The van der Waals surface area contributed by atoms with E-state index in [2.05, 4.69) is 35.1 Å². The second kappa shape index (κ2) is 7.26. The third-order valence-corrected chi connectivity index (χ3v) is 4.77. The summed E-state index contributed by atoms with van der Waals surface area (Å²) in [5.41, 5.74) is 4.37. The van der Waals surface area contributed by atoms with E-state index in [0.29, 0.717) is 5.75 Å². The molecule has 0 saturated heterocycles. The van der Waals surface area contributed by atoms with Crippen LogP contribution in [0.2, 0.25) is 0 Å². The molecule has 3 aromatic rings. The van der Waals surface area contributed by atoms with E-state index in [1.807, 2.05) is 18.2 Å². The number of rotatable bonds is 3. The van der Waals surface area contributed by atoms with E-state index in [9.17, 15) is 4.39 Å². The van der Waals surface area contributed by atoms with Gasteiger partial charge in [0.15, 0.2) is 11.6 Å². The Bertz CT molecular complexity index is 898. The second-order valence-corrected chi connectivity index (χ2v) is 6.69. The summed E-state index contributed by atoms with van der Waals surface area (Å²) < 4.78 is 20.1. The van der Waals surface area contributed by atoms with Crippen LogP contribution in [0.1, 0.15) is 23.7 Å². The van der Waals surface area contributed by atoms with E-state index in [1.54, 1.807) is 24.4 Å². The molecule has 0 bridgehead atoms. The Morgan fingerprint density at radius 3 is 2.73 bits per heavy atom. The van der Waals surface area contributed by atoms with Crippen molar-refractivity contribution in [3.8, 4) is 17.0 Å². The summed E-state index contributed by atoms with van der Waals surface area (Å²) >= 11 is 0. The zero-order valence-electron chi connectivity index (χ0n) is 14.7.